The second-order valence-corrected chi connectivity index (χ2v) is 3.98. The van der Waals surface area contributed by atoms with Crippen molar-refractivity contribution in [2.75, 3.05) is 5.32 Å². The SMILES string of the molecule is C/C=C/C=C/C(=O)NCc1ccc(NC(C)=O)cc1. The molecule has 0 aliphatic carbocycles. The normalized spacial score (nSPS) is 10.8. The third-order valence-electron chi connectivity index (χ3n) is 2.29. The summed E-state index contributed by atoms with van der Waals surface area (Å²) in [6.07, 6.45) is 6.81. The van der Waals surface area contributed by atoms with Crippen molar-refractivity contribution in [1.82, 2.24) is 5.32 Å². The Balaban J connectivity index is 2.45. The van der Waals surface area contributed by atoms with Gasteiger partial charge in [0.2, 0.25) is 11.8 Å². The lowest BCUT2D eigenvalue weighted by atomic mass is 10.2. The van der Waals surface area contributed by atoms with Gasteiger partial charge >= 0.3 is 0 Å². The number of allylic oxidation sites excluding steroid dienone is 3. The second-order valence-electron chi connectivity index (χ2n) is 3.98. The molecule has 1 rings (SSSR count). The molecular weight excluding hydrogens is 240 g/mol. The first kappa shape index (κ1) is 14.7. The number of hydrogen-bond acceptors (Lipinski definition) is 2. The molecule has 0 aromatic heterocycles. The Kier molecular flexibility index (Phi) is 6.09. The average Bonchev–Trinajstić information content (AvgIpc) is 2.37. The van der Waals surface area contributed by atoms with Crippen LogP contribution in [0.5, 0.6) is 0 Å². The molecule has 0 unspecified atom stereocenters. The zero-order chi connectivity index (χ0) is 14.1. The zero-order valence-corrected chi connectivity index (χ0v) is 11.1. The van der Waals surface area contributed by atoms with Crippen LogP contribution >= 0.6 is 0 Å². The predicted molar refractivity (Wildman–Crippen MR) is 76.5 cm³/mol. The molecule has 100 valence electrons. The summed E-state index contributed by atoms with van der Waals surface area (Å²) in [5, 5.41) is 5.46. The first-order chi connectivity index (χ1) is 9.11. The molecule has 0 saturated heterocycles. The largest absolute Gasteiger partial charge is 0.348 e. The summed E-state index contributed by atoms with van der Waals surface area (Å²) in [4.78, 5) is 22.3. The van der Waals surface area contributed by atoms with Crippen LogP contribution in [0.2, 0.25) is 0 Å². The van der Waals surface area contributed by atoms with Gasteiger partial charge in [0.25, 0.3) is 0 Å². The van der Waals surface area contributed by atoms with Crippen LogP contribution in [-0.4, -0.2) is 11.8 Å². The maximum absolute atomic E-state index is 11.4. The molecule has 0 aliphatic heterocycles. The highest BCUT2D eigenvalue weighted by molar-refractivity contribution is 5.88. The minimum Gasteiger partial charge on any atom is -0.348 e. The van der Waals surface area contributed by atoms with Crippen LogP contribution < -0.4 is 10.6 Å². The molecule has 1 aromatic rings. The molecule has 0 bridgehead atoms. The molecule has 4 nitrogen and oxygen atoms in total. The van der Waals surface area contributed by atoms with E-state index in [4.69, 9.17) is 0 Å². The lowest BCUT2D eigenvalue weighted by molar-refractivity contribution is -0.116. The molecule has 0 spiro atoms. The highest BCUT2D eigenvalue weighted by Gasteiger charge is 1.98. The monoisotopic (exact) mass is 258 g/mol. The van der Waals surface area contributed by atoms with Gasteiger partial charge in [-0.25, -0.2) is 0 Å². The predicted octanol–water partition coefficient (Wildman–Crippen LogP) is 2.39. The fraction of sp³-hybridized carbons (Fsp3) is 0.200. The first-order valence-electron chi connectivity index (χ1n) is 6.05. The molecule has 1 aromatic carbocycles. The maximum Gasteiger partial charge on any atom is 0.244 e. The molecule has 0 heterocycles. The molecule has 0 atom stereocenters. The third kappa shape index (κ3) is 6.21. The van der Waals surface area contributed by atoms with E-state index >= 15 is 0 Å². The van der Waals surface area contributed by atoms with E-state index < -0.39 is 0 Å². The van der Waals surface area contributed by atoms with E-state index in [-0.39, 0.29) is 11.8 Å². The van der Waals surface area contributed by atoms with Crippen LogP contribution in [0.3, 0.4) is 0 Å². The Bertz CT molecular complexity index is 487. The number of anilines is 1. The van der Waals surface area contributed by atoms with E-state index in [1.54, 1.807) is 24.3 Å². The fourth-order valence-electron chi connectivity index (χ4n) is 1.41. The van der Waals surface area contributed by atoms with E-state index in [1.165, 1.54) is 13.0 Å². The van der Waals surface area contributed by atoms with Crippen LogP contribution in [0.15, 0.2) is 48.6 Å². The first-order valence-corrected chi connectivity index (χ1v) is 6.05. The smallest absolute Gasteiger partial charge is 0.244 e. The van der Waals surface area contributed by atoms with Crippen molar-refractivity contribution >= 4 is 17.5 Å². The van der Waals surface area contributed by atoms with Crippen molar-refractivity contribution in [1.29, 1.82) is 0 Å². The van der Waals surface area contributed by atoms with Gasteiger partial charge in [0.15, 0.2) is 0 Å². The van der Waals surface area contributed by atoms with Gasteiger partial charge in [-0.1, -0.05) is 30.4 Å². The van der Waals surface area contributed by atoms with Crippen molar-refractivity contribution in [3.8, 4) is 0 Å². The van der Waals surface area contributed by atoms with Gasteiger partial charge in [-0.05, 0) is 24.6 Å². The number of carbonyl (C=O) groups excluding carboxylic acids is 2. The minimum absolute atomic E-state index is 0.102. The van der Waals surface area contributed by atoms with Gasteiger partial charge in [-0.3, -0.25) is 9.59 Å². The van der Waals surface area contributed by atoms with E-state index in [0.29, 0.717) is 6.54 Å². The summed E-state index contributed by atoms with van der Waals surface area (Å²) < 4.78 is 0. The van der Waals surface area contributed by atoms with E-state index in [0.717, 1.165) is 11.3 Å². The number of nitrogens with one attached hydrogen (secondary N) is 2. The third-order valence-corrected chi connectivity index (χ3v) is 2.29. The van der Waals surface area contributed by atoms with Crippen molar-refractivity contribution in [3.63, 3.8) is 0 Å². The summed E-state index contributed by atoms with van der Waals surface area (Å²) >= 11 is 0. The van der Waals surface area contributed by atoms with Crippen molar-refractivity contribution in [2.45, 2.75) is 20.4 Å². The van der Waals surface area contributed by atoms with Gasteiger partial charge < -0.3 is 10.6 Å². The van der Waals surface area contributed by atoms with Crippen LogP contribution in [0.25, 0.3) is 0 Å². The second kappa shape index (κ2) is 7.87. The quantitative estimate of drug-likeness (QED) is 0.629. The Morgan fingerprint density at radius 2 is 1.84 bits per heavy atom. The molecule has 0 aliphatic rings. The molecule has 19 heavy (non-hydrogen) atoms. The summed E-state index contributed by atoms with van der Waals surface area (Å²) in [5.41, 5.74) is 1.72. The van der Waals surface area contributed by atoms with Gasteiger partial charge in [0.1, 0.15) is 0 Å². The minimum atomic E-state index is -0.135. The van der Waals surface area contributed by atoms with Crippen molar-refractivity contribution in [2.24, 2.45) is 0 Å². The van der Waals surface area contributed by atoms with Gasteiger partial charge in [-0.15, -0.1) is 0 Å². The summed E-state index contributed by atoms with van der Waals surface area (Å²) in [7, 11) is 0. The number of benzene rings is 1. The van der Waals surface area contributed by atoms with Gasteiger partial charge in [0.05, 0.1) is 0 Å². The lowest BCUT2D eigenvalue weighted by Crippen LogP contribution is -2.20. The molecule has 4 heteroatoms. The van der Waals surface area contributed by atoms with Crippen LogP contribution in [0, 0.1) is 0 Å². The van der Waals surface area contributed by atoms with Crippen LogP contribution in [0.1, 0.15) is 19.4 Å². The summed E-state index contributed by atoms with van der Waals surface area (Å²) in [6, 6.07) is 7.33. The number of carbonyl (C=O) groups is 2. The molecular formula is C15H18N2O2. The average molecular weight is 258 g/mol. The van der Waals surface area contributed by atoms with Crippen LogP contribution in [-0.2, 0) is 16.1 Å². The highest BCUT2D eigenvalue weighted by Crippen LogP contribution is 2.09. The molecule has 2 amide bonds. The maximum atomic E-state index is 11.4. The van der Waals surface area contributed by atoms with E-state index in [9.17, 15) is 9.59 Å². The molecule has 0 saturated carbocycles. The highest BCUT2D eigenvalue weighted by atomic mass is 16.2. The van der Waals surface area contributed by atoms with Gasteiger partial charge in [0, 0.05) is 25.2 Å². The Morgan fingerprint density at radius 3 is 2.42 bits per heavy atom. The number of amides is 2. The molecule has 2 N–H and O–H groups in total. The van der Waals surface area contributed by atoms with E-state index in [1.807, 2.05) is 25.1 Å². The summed E-state index contributed by atoms with van der Waals surface area (Å²) in [5.74, 6) is -0.237. The van der Waals surface area contributed by atoms with Crippen molar-refractivity contribution in [3.05, 3.63) is 54.1 Å². The fourth-order valence-corrected chi connectivity index (χ4v) is 1.41. The topological polar surface area (TPSA) is 58.2 Å². The Hall–Kier alpha value is -2.36. The molecule has 0 radical (unpaired) electrons. The van der Waals surface area contributed by atoms with Crippen LogP contribution in [0.4, 0.5) is 5.69 Å². The Labute approximate surface area is 113 Å². The number of rotatable bonds is 5. The molecule has 0 fully saturated rings. The van der Waals surface area contributed by atoms with E-state index in [2.05, 4.69) is 10.6 Å². The van der Waals surface area contributed by atoms with Crippen molar-refractivity contribution < 1.29 is 9.59 Å². The number of hydrogen-bond donors (Lipinski definition) is 2. The lowest BCUT2D eigenvalue weighted by Gasteiger charge is -2.05. The summed E-state index contributed by atoms with van der Waals surface area (Å²) in [6.45, 7) is 3.81. The Morgan fingerprint density at radius 1 is 1.16 bits per heavy atom. The van der Waals surface area contributed by atoms with Gasteiger partial charge in [-0.2, -0.15) is 0 Å². The zero-order valence-electron chi connectivity index (χ0n) is 11.1. The standard InChI is InChI=1S/C15H18N2O2/c1-3-4-5-6-15(19)16-11-13-7-9-14(10-8-13)17-12(2)18/h3-10H,11H2,1-2H3,(H,16,19)(H,17,18)/b4-3+,6-5+.